The van der Waals surface area contributed by atoms with E-state index in [2.05, 4.69) is 59.2 Å². The maximum Gasteiger partial charge on any atom is 0.320 e. The van der Waals surface area contributed by atoms with Crippen LogP contribution in [0.5, 0.6) is 0 Å². The van der Waals surface area contributed by atoms with Crippen molar-refractivity contribution in [1.29, 1.82) is 0 Å². The van der Waals surface area contributed by atoms with Crippen LogP contribution in [0, 0.1) is 0 Å². The Bertz CT molecular complexity index is 672. The van der Waals surface area contributed by atoms with Gasteiger partial charge in [-0.15, -0.1) is 0 Å². The summed E-state index contributed by atoms with van der Waals surface area (Å²) in [5.74, 6) is 0. The second kappa shape index (κ2) is 9.00. The molecule has 2 aromatic carbocycles. The van der Waals surface area contributed by atoms with Gasteiger partial charge in [-0.25, -0.2) is 4.79 Å². The van der Waals surface area contributed by atoms with Crippen molar-refractivity contribution in [3.05, 3.63) is 60.7 Å². The van der Waals surface area contributed by atoms with Crippen molar-refractivity contribution in [2.75, 3.05) is 36.8 Å². The minimum Gasteiger partial charge on any atom is -0.382 e. The fourth-order valence-corrected chi connectivity index (χ4v) is 4.17. The highest BCUT2D eigenvalue weighted by Gasteiger charge is 2.29. The number of amides is 2. The molecule has 2 amide bonds. The van der Waals surface area contributed by atoms with Crippen LogP contribution in [0.2, 0.25) is 0 Å². The zero-order valence-electron chi connectivity index (χ0n) is 16.4. The fourth-order valence-electron chi connectivity index (χ4n) is 4.17. The van der Waals surface area contributed by atoms with E-state index in [1.807, 2.05) is 21.9 Å². The number of para-hydroxylation sites is 2. The molecule has 148 valence electrons. The molecule has 0 spiro atoms. The smallest absolute Gasteiger partial charge is 0.320 e. The van der Waals surface area contributed by atoms with Crippen LogP contribution in [0.25, 0.3) is 0 Å². The van der Waals surface area contributed by atoms with Gasteiger partial charge in [0.05, 0.1) is 0 Å². The zero-order chi connectivity index (χ0) is 19.2. The Labute approximate surface area is 167 Å². The molecular formula is C23H30N4O. The van der Waals surface area contributed by atoms with Crippen LogP contribution in [0.3, 0.4) is 0 Å². The topological polar surface area (TPSA) is 47.6 Å². The molecule has 2 N–H and O–H groups in total. The summed E-state index contributed by atoms with van der Waals surface area (Å²) in [6.07, 6.45) is 4.03. The van der Waals surface area contributed by atoms with Gasteiger partial charge in [-0.2, -0.15) is 0 Å². The first kappa shape index (κ1) is 18.7. The van der Waals surface area contributed by atoms with Gasteiger partial charge in [-0.05, 0) is 49.9 Å². The number of nitrogens with zero attached hydrogens (tertiary/aromatic N) is 2. The molecule has 28 heavy (non-hydrogen) atoms. The normalized spacial score (nSPS) is 18.7. The third-order valence-electron chi connectivity index (χ3n) is 5.82. The van der Waals surface area contributed by atoms with Gasteiger partial charge in [0.1, 0.15) is 0 Å². The molecule has 4 rings (SSSR count). The molecule has 0 radical (unpaired) electrons. The van der Waals surface area contributed by atoms with E-state index in [-0.39, 0.29) is 6.03 Å². The number of carbonyl (C=O) groups excluding carboxylic acids is 1. The van der Waals surface area contributed by atoms with E-state index in [0.29, 0.717) is 12.1 Å². The Kier molecular flexibility index (Phi) is 6.00. The van der Waals surface area contributed by atoms with Gasteiger partial charge in [0.25, 0.3) is 0 Å². The number of hydrogen-bond donors (Lipinski definition) is 2. The van der Waals surface area contributed by atoms with E-state index in [4.69, 9.17) is 0 Å². The Hall–Kier alpha value is -2.69. The summed E-state index contributed by atoms with van der Waals surface area (Å²) >= 11 is 0. The van der Waals surface area contributed by atoms with Crippen molar-refractivity contribution < 1.29 is 4.79 Å². The molecule has 0 atom stereocenters. The maximum absolute atomic E-state index is 12.9. The third kappa shape index (κ3) is 4.77. The van der Waals surface area contributed by atoms with Crippen LogP contribution in [0.4, 0.5) is 16.2 Å². The lowest BCUT2D eigenvalue weighted by Crippen LogP contribution is -2.51. The van der Waals surface area contributed by atoms with Gasteiger partial charge in [-0.1, -0.05) is 36.4 Å². The Morgan fingerprint density at radius 2 is 1.00 bits per heavy atom. The van der Waals surface area contributed by atoms with Gasteiger partial charge in [0, 0.05) is 49.6 Å². The molecule has 2 fully saturated rings. The number of piperidine rings is 2. The Balaban J connectivity index is 1.20. The van der Waals surface area contributed by atoms with Crippen LogP contribution in [-0.2, 0) is 0 Å². The number of urea groups is 1. The van der Waals surface area contributed by atoms with E-state index in [1.54, 1.807) is 0 Å². The summed E-state index contributed by atoms with van der Waals surface area (Å²) in [6.45, 7) is 3.36. The highest BCUT2D eigenvalue weighted by molar-refractivity contribution is 5.74. The van der Waals surface area contributed by atoms with Crippen molar-refractivity contribution >= 4 is 17.4 Å². The predicted molar refractivity (Wildman–Crippen MR) is 115 cm³/mol. The third-order valence-corrected chi connectivity index (χ3v) is 5.82. The molecule has 2 heterocycles. The van der Waals surface area contributed by atoms with Gasteiger partial charge < -0.3 is 20.4 Å². The molecule has 2 aliphatic heterocycles. The first-order valence-electron chi connectivity index (χ1n) is 10.4. The summed E-state index contributed by atoms with van der Waals surface area (Å²) in [4.78, 5) is 17.0. The van der Waals surface area contributed by atoms with E-state index in [1.165, 1.54) is 11.4 Å². The first-order chi connectivity index (χ1) is 13.8. The quantitative estimate of drug-likeness (QED) is 0.836. The lowest BCUT2D eigenvalue weighted by Gasteiger charge is -2.39. The Morgan fingerprint density at radius 3 is 1.36 bits per heavy atom. The van der Waals surface area contributed by atoms with Crippen LogP contribution < -0.4 is 10.6 Å². The maximum atomic E-state index is 12.9. The summed E-state index contributed by atoms with van der Waals surface area (Å²) in [5.41, 5.74) is 2.33. The fraction of sp³-hybridized carbons (Fsp3) is 0.435. The van der Waals surface area contributed by atoms with Gasteiger partial charge >= 0.3 is 6.03 Å². The number of rotatable bonds is 4. The SMILES string of the molecule is O=C(N1CCC(Nc2ccccc2)CC1)N1CCC(Nc2ccccc2)CC1. The van der Waals surface area contributed by atoms with Crippen molar-refractivity contribution in [3.8, 4) is 0 Å². The first-order valence-corrected chi connectivity index (χ1v) is 10.4. The average molecular weight is 379 g/mol. The van der Waals surface area contributed by atoms with E-state index in [0.717, 1.165) is 51.9 Å². The monoisotopic (exact) mass is 378 g/mol. The molecule has 0 saturated carbocycles. The lowest BCUT2D eigenvalue weighted by molar-refractivity contribution is 0.131. The molecule has 0 aromatic heterocycles. The average Bonchev–Trinajstić information content (AvgIpc) is 2.76. The summed E-state index contributed by atoms with van der Waals surface area (Å²) in [7, 11) is 0. The van der Waals surface area contributed by atoms with Crippen molar-refractivity contribution in [2.45, 2.75) is 37.8 Å². The summed E-state index contributed by atoms with van der Waals surface area (Å²) in [5, 5.41) is 7.18. The van der Waals surface area contributed by atoms with E-state index >= 15 is 0 Å². The van der Waals surface area contributed by atoms with Crippen molar-refractivity contribution in [1.82, 2.24) is 9.80 Å². The molecule has 0 unspecified atom stereocenters. The lowest BCUT2D eigenvalue weighted by atomic mass is 10.0. The number of likely N-dealkylation sites (tertiary alicyclic amines) is 2. The Morgan fingerprint density at radius 1 is 0.643 bits per heavy atom. The second-order valence-electron chi connectivity index (χ2n) is 7.83. The molecular weight excluding hydrogens is 348 g/mol. The van der Waals surface area contributed by atoms with Crippen LogP contribution in [0.15, 0.2) is 60.7 Å². The molecule has 5 nitrogen and oxygen atoms in total. The van der Waals surface area contributed by atoms with Gasteiger partial charge in [0.15, 0.2) is 0 Å². The molecule has 2 saturated heterocycles. The highest BCUT2D eigenvalue weighted by atomic mass is 16.2. The number of nitrogens with one attached hydrogen (secondary N) is 2. The van der Waals surface area contributed by atoms with Crippen LogP contribution in [0.1, 0.15) is 25.7 Å². The predicted octanol–water partition coefficient (Wildman–Crippen LogP) is 4.26. The number of benzene rings is 2. The van der Waals surface area contributed by atoms with E-state index < -0.39 is 0 Å². The number of carbonyl (C=O) groups is 1. The second-order valence-corrected chi connectivity index (χ2v) is 7.83. The summed E-state index contributed by atoms with van der Waals surface area (Å²) < 4.78 is 0. The molecule has 2 aliphatic rings. The van der Waals surface area contributed by atoms with E-state index in [9.17, 15) is 4.79 Å². The van der Waals surface area contributed by atoms with Crippen LogP contribution >= 0.6 is 0 Å². The molecule has 0 aliphatic carbocycles. The molecule has 2 aromatic rings. The highest BCUT2D eigenvalue weighted by Crippen LogP contribution is 2.20. The largest absolute Gasteiger partial charge is 0.382 e. The number of anilines is 2. The van der Waals surface area contributed by atoms with Crippen molar-refractivity contribution in [2.24, 2.45) is 0 Å². The zero-order valence-corrected chi connectivity index (χ0v) is 16.4. The number of hydrogen-bond acceptors (Lipinski definition) is 3. The van der Waals surface area contributed by atoms with Gasteiger partial charge in [0.2, 0.25) is 0 Å². The minimum atomic E-state index is 0.219. The minimum absolute atomic E-state index is 0.219. The van der Waals surface area contributed by atoms with Crippen LogP contribution in [-0.4, -0.2) is 54.1 Å². The standard InChI is InChI=1S/C23H30N4O/c28-23(26-15-11-21(12-16-26)24-19-7-3-1-4-8-19)27-17-13-22(14-18-27)25-20-9-5-2-6-10-20/h1-10,21-22,24-25H,11-18H2. The summed E-state index contributed by atoms with van der Waals surface area (Å²) in [6, 6.07) is 21.8. The van der Waals surface area contributed by atoms with Gasteiger partial charge in [-0.3, -0.25) is 0 Å². The van der Waals surface area contributed by atoms with Crippen molar-refractivity contribution in [3.63, 3.8) is 0 Å². The molecule has 0 bridgehead atoms. The molecule has 5 heteroatoms.